The van der Waals surface area contributed by atoms with Crippen LogP contribution in [0.4, 0.5) is 13.2 Å². The van der Waals surface area contributed by atoms with Gasteiger partial charge in [0.25, 0.3) is 0 Å². The third kappa shape index (κ3) is 2.22. The number of aromatic nitrogens is 2. The zero-order valence-corrected chi connectivity index (χ0v) is 11.3. The van der Waals surface area contributed by atoms with Gasteiger partial charge in [-0.3, -0.25) is 0 Å². The van der Waals surface area contributed by atoms with Crippen molar-refractivity contribution in [1.29, 1.82) is 0 Å². The van der Waals surface area contributed by atoms with Crippen LogP contribution in [0.3, 0.4) is 0 Å². The van der Waals surface area contributed by atoms with E-state index in [-0.39, 0.29) is 26.7 Å². The van der Waals surface area contributed by atoms with Crippen molar-refractivity contribution in [1.82, 2.24) is 9.97 Å². The molecule has 0 spiro atoms. The Morgan fingerprint density at radius 1 is 1.11 bits per heavy atom. The van der Waals surface area contributed by atoms with Gasteiger partial charge >= 0.3 is 0 Å². The summed E-state index contributed by atoms with van der Waals surface area (Å²) >= 11 is 8.49. The lowest BCUT2D eigenvalue weighted by Crippen LogP contribution is -1.99. The summed E-state index contributed by atoms with van der Waals surface area (Å²) in [7, 11) is 0. The Kier molecular flexibility index (Phi) is 3.59. The molecule has 2 nitrogen and oxygen atoms in total. The summed E-state index contributed by atoms with van der Waals surface area (Å²) in [6.07, 6.45) is 0. The minimum absolute atomic E-state index is 0.0182. The normalized spacial score (nSPS) is 10.8. The lowest BCUT2D eigenvalue weighted by Gasteiger charge is -2.07. The second-order valence-electron chi connectivity index (χ2n) is 3.46. The summed E-state index contributed by atoms with van der Waals surface area (Å²) in [6, 6.07) is 2.22. The Morgan fingerprint density at radius 2 is 1.78 bits per heavy atom. The van der Waals surface area contributed by atoms with Crippen molar-refractivity contribution < 1.29 is 13.2 Å². The van der Waals surface area contributed by atoms with E-state index >= 15 is 0 Å². The predicted molar refractivity (Wildman–Crippen MR) is 64.8 cm³/mol. The monoisotopic (exact) mass is 336 g/mol. The van der Waals surface area contributed by atoms with E-state index in [1.807, 2.05) is 0 Å². The Bertz CT molecular complexity index is 611. The Hall–Kier alpha value is -1.14. The molecule has 0 fully saturated rings. The third-order valence-electron chi connectivity index (χ3n) is 2.25. The number of nitrogens with zero attached hydrogens (tertiary/aromatic N) is 2. The smallest absolute Gasteiger partial charge is 0.181 e. The first kappa shape index (κ1) is 13.3. The highest BCUT2D eigenvalue weighted by Gasteiger charge is 2.17. The minimum atomic E-state index is -1.06. The molecule has 0 N–H and O–H groups in total. The molecule has 0 radical (unpaired) electrons. The highest BCUT2D eigenvalue weighted by molar-refractivity contribution is 9.10. The molecule has 0 atom stereocenters. The summed E-state index contributed by atoms with van der Waals surface area (Å²) < 4.78 is 39.5. The van der Waals surface area contributed by atoms with Crippen molar-refractivity contribution in [2.45, 2.75) is 6.92 Å². The van der Waals surface area contributed by atoms with Crippen molar-refractivity contribution in [3.63, 3.8) is 0 Å². The van der Waals surface area contributed by atoms with Crippen LogP contribution in [0.15, 0.2) is 16.6 Å². The summed E-state index contributed by atoms with van der Waals surface area (Å²) in [5, 5.41) is -0.367. The summed E-state index contributed by atoms with van der Waals surface area (Å²) in [5.41, 5.74) is 0.223. The molecule has 1 aromatic heterocycles. The van der Waals surface area contributed by atoms with Gasteiger partial charge in [0.2, 0.25) is 0 Å². The first-order valence-corrected chi connectivity index (χ1v) is 5.92. The SMILES string of the molecule is Cc1nc(-c2ccc(F)c(F)c2Br)nc(Cl)c1F. The van der Waals surface area contributed by atoms with Gasteiger partial charge in [0.15, 0.2) is 28.4 Å². The molecule has 94 valence electrons. The average molecular weight is 338 g/mol. The molecule has 1 aromatic carbocycles. The molecule has 0 amide bonds. The summed E-state index contributed by atoms with van der Waals surface area (Å²) in [6.45, 7) is 1.40. The van der Waals surface area contributed by atoms with E-state index in [4.69, 9.17) is 11.6 Å². The van der Waals surface area contributed by atoms with Gasteiger partial charge in [0.1, 0.15) is 0 Å². The van der Waals surface area contributed by atoms with Crippen LogP contribution >= 0.6 is 27.5 Å². The van der Waals surface area contributed by atoms with Gasteiger partial charge in [0, 0.05) is 5.56 Å². The lowest BCUT2D eigenvalue weighted by molar-refractivity contribution is 0.504. The van der Waals surface area contributed by atoms with E-state index < -0.39 is 17.5 Å². The predicted octanol–water partition coefficient (Wildman–Crippen LogP) is 4.29. The van der Waals surface area contributed by atoms with Crippen molar-refractivity contribution in [3.8, 4) is 11.4 Å². The Balaban J connectivity index is 2.67. The van der Waals surface area contributed by atoms with E-state index in [1.165, 1.54) is 13.0 Å². The van der Waals surface area contributed by atoms with E-state index in [0.29, 0.717) is 0 Å². The van der Waals surface area contributed by atoms with E-state index in [0.717, 1.165) is 6.07 Å². The number of rotatable bonds is 1. The summed E-state index contributed by atoms with van der Waals surface area (Å²) in [5.74, 6) is -2.78. The van der Waals surface area contributed by atoms with Crippen LogP contribution in [0.25, 0.3) is 11.4 Å². The molecule has 0 aliphatic rings. The van der Waals surface area contributed by atoms with Crippen molar-refractivity contribution in [2.24, 2.45) is 0 Å². The molecule has 1 heterocycles. The number of halogens is 5. The van der Waals surface area contributed by atoms with Crippen LogP contribution in [-0.4, -0.2) is 9.97 Å². The third-order valence-corrected chi connectivity index (χ3v) is 3.28. The van der Waals surface area contributed by atoms with Gasteiger partial charge in [-0.25, -0.2) is 23.1 Å². The molecule has 0 saturated heterocycles. The molecule has 0 saturated carbocycles. The van der Waals surface area contributed by atoms with Crippen LogP contribution < -0.4 is 0 Å². The molecule has 0 unspecified atom stereocenters. The zero-order valence-electron chi connectivity index (χ0n) is 8.94. The van der Waals surface area contributed by atoms with Crippen LogP contribution in [0.5, 0.6) is 0 Å². The molecule has 2 rings (SSSR count). The Labute approximate surface area is 114 Å². The van der Waals surface area contributed by atoms with Gasteiger partial charge in [-0.1, -0.05) is 11.6 Å². The van der Waals surface area contributed by atoms with Crippen molar-refractivity contribution >= 4 is 27.5 Å². The first-order chi connectivity index (χ1) is 8.41. The highest BCUT2D eigenvalue weighted by Crippen LogP contribution is 2.30. The Morgan fingerprint density at radius 3 is 2.39 bits per heavy atom. The van der Waals surface area contributed by atoms with Crippen LogP contribution in [0, 0.1) is 24.4 Å². The topological polar surface area (TPSA) is 25.8 Å². The van der Waals surface area contributed by atoms with Crippen molar-refractivity contribution in [3.05, 3.63) is 44.9 Å². The fraction of sp³-hybridized carbons (Fsp3) is 0.0909. The molecular formula is C11H5BrClF3N2. The van der Waals surface area contributed by atoms with Crippen molar-refractivity contribution in [2.75, 3.05) is 0 Å². The molecule has 7 heteroatoms. The molecule has 0 aliphatic heterocycles. The number of hydrogen-bond acceptors (Lipinski definition) is 2. The van der Waals surface area contributed by atoms with Gasteiger partial charge in [-0.15, -0.1) is 0 Å². The van der Waals surface area contributed by atoms with Crippen LogP contribution in [0.1, 0.15) is 5.69 Å². The number of benzene rings is 1. The maximum absolute atomic E-state index is 13.4. The largest absolute Gasteiger partial charge is 0.230 e. The van der Waals surface area contributed by atoms with E-state index in [9.17, 15) is 13.2 Å². The minimum Gasteiger partial charge on any atom is -0.230 e. The highest BCUT2D eigenvalue weighted by atomic mass is 79.9. The molecular weight excluding hydrogens is 332 g/mol. The molecule has 18 heavy (non-hydrogen) atoms. The maximum atomic E-state index is 13.4. The van der Waals surface area contributed by atoms with Gasteiger partial charge in [-0.05, 0) is 35.0 Å². The van der Waals surface area contributed by atoms with Crippen LogP contribution in [0.2, 0.25) is 5.15 Å². The van der Waals surface area contributed by atoms with Gasteiger partial charge in [-0.2, -0.15) is 0 Å². The zero-order chi connectivity index (χ0) is 13.4. The fourth-order valence-corrected chi connectivity index (χ4v) is 2.06. The number of hydrogen-bond donors (Lipinski definition) is 0. The first-order valence-electron chi connectivity index (χ1n) is 4.75. The van der Waals surface area contributed by atoms with Crippen LogP contribution in [-0.2, 0) is 0 Å². The summed E-state index contributed by atoms with van der Waals surface area (Å²) in [4.78, 5) is 7.54. The fourth-order valence-electron chi connectivity index (χ4n) is 1.34. The second kappa shape index (κ2) is 4.85. The molecule has 0 aliphatic carbocycles. The van der Waals surface area contributed by atoms with E-state index in [2.05, 4.69) is 25.9 Å². The average Bonchev–Trinajstić information content (AvgIpc) is 2.33. The van der Waals surface area contributed by atoms with Gasteiger partial charge in [0.05, 0.1) is 10.2 Å². The quantitative estimate of drug-likeness (QED) is 0.573. The van der Waals surface area contributed by atoms with E-state index in [1.54, 1.807) is 0 Å². The maximum Gasteiger partial charge on any atom is 0.181 e. The number of aryl methyl sites for hydroxylation is 1. The van der Waals surface area contributed by atoms with Gasteiger partial charge < -0.3 is 0 Å². The molecule has 0 bridgehead atoms. The lowest BCUT2D eigenvalue weighted by atomic mass is 10.2. The standard InChI is InChI=1S/C11H5BrClF3N2/c1-4-8(15)10(13)18-11(17-4)5-2-3-6(14)9(16)7(5)12/h2-3H,1H3. The molecule has 2 aromatic rings. The second-order valence-corrected chi connectivity index (χ2v) is 4.61.